The summed E-state index contributed by atoms with van der Waals surface area (Å²) >= 11 is 0. The van der Waals surface area contributed by atoms with Gasteiger partial charge < -0.3 is 16.0 Å². The molecule has 0 saturated heterocycles. The summed E-state index contributed by atoms with van der Waals surface area (Å²) in [5, 5.41) is 8.74. The Hall–Kier alpha value is -1.10. The van der Waals surface area contributed by atoms with Crippen LogP contribution in [0.25, 0.3) is 0 Å². The van der Waals surface area contributed by atoms with Crippen molar-refractivity contribution in [3.63, 3.8) is 0 Å². The van der Waals surface area contributed by atoms with Crippen molar-refractivity contribution in [2.24, 2.45) is 0 Å². The van der Waals surface area contributed by atoms with Gasteiger partial charge in [-0.15, -0.1) is 0 Å². The van der Waals surface area contributed by atoms with E-state index in [-0.39, 0.29) is 11.8 Å². The molecule has 0 aromatic carbocycles. The second kappa shape index (κ2) is 7.27. The largest absolute Gasteiger partial charge is 0.355 e. The molecule has 0 atom stereocenters. The fourth-order valence-electron chi connectivity index (χ4n) is 1.36. The molecule has 0 spiro atoms. The van der Waals surface area contributed by atoms with Crippen LogP contribution >= 0.6 is 0 Å². The third-order valence-corrected chi connectivity index (χ3v) is 2.52. The third kappa shape index (κ3) is 7.74. The Morgan fingerprint density at radius 3 is 2.53 bits per heavy atom. The highest BCUT2D eigenvalue weighted by molar-refractivity contribution is 5.78. The number of nitrogens with one attached hydrogen (secondary N) is 3. The molecule has 0 aromatic heterocycles. The van der Waals surface area contributed by atoms with Gasteiger partial charge in [0.2, 0.25) is 11.8 Å². The molecule has 3 N–H and O–H groups in total. The van der Waals surface area contributed by atoms with Gasteiger partial charge in [0, 0.05) is 25.0 Å². The fourth-order valence-corrected chi connectivity index (χ4v) is 1.36. The number of carbonyl (C=O) groups excluding carboxylic acids is 2. The van der Waals surface area contributed by atoms with Crippen molar-refractivity contribution in [2.45, 2.75) is 51.6 Å². The summed E-state index contributed by atoms with van der Waals surface area (Å²) in [5.74, 6) is 0.0864. The average Bonchev–Trinajstić information content (AvgIpc) is 3.05. The Morgan fingerprint density at radius 1 is 1.24 bits per heavy atom. The van der Waals surface area contributed by atoms with Crippen LogP contribution in [0.2, 0.25) is 0 Å². The lowest BCUT2D eigenvalue weighted by molar-refractivity contribution is -0.122. The Morgan fingerprint density at radius 2 is 1.94 bits per heavy atom. The van der Waals surface area contributed by atoms with Gasteiger partial charge in [0.15, 0.2) is 0 Å². The average molecular weight is 241 g/mol. The summed E-state index contributed by atoms with van der Waals surface area (Å²) in [4.78, 5) is 22.6. The lowest BCUT2D eigenvalue weighted by Gasteiger charge is -2.08. The van der Waals surface area contributed by atoms with Gasteiger partial charge in [-0.05, 0) is 19.3 Å². The zero-order chi connectivity index (χ0) is 12.7. The first-order chi connectivity index (χ1) is 8.08. The quantitative estimate of drug-likeness (QED) is 0.530. The summed E-state index contributed by atoms with van der Waals surface area (Å²) in [6, 6.07) is 0.734. The second-order valence-corrected chi connectivity index (χ2v) is 4.83. The summed E-state index contributed by atoms with van der Waals surface area (Å²) < 4.78 is 0. The first-order valence-electron chi connectivity index (χ1n) is 6.37. The van der Waals surface area contributed by atoms with Crippen molar-refractivity contribution in [2.75, 3.05) is 13.1 Å². The van der Waals surface area contributed by atoms with Crippen LogP contribution in [0.15, 0.2) is 0 Å². The molecule has 1 fully saturated rings. The fraction of sp³-hybridized carbons (Fsp3) is 0.833. The summed E-state index contributed by atoms with van der Waals surface area (Å²) in [7, 11) is 0. The highest BCUT2D eigenvalue weighted by Crippen LogP contribution is 2.18. The normalized spacial score (nSPS) is 14.8. The van der Waals surface area contributed by atoms with E-state index in [1.54, 1.807) is 0 Å². The van der Waals surface area contributed by atoms with E-state index in [0.717, 1.165) is 12.8 Å². The van der Waals surface area contributed by atoms with Crippen LogP contribution in [-0.4, -0.2) is 37.0 Å². The Bertz CT molecular complexity index is 262. The molecule has 5 nitrogen and oxygen atoms in total. The lowest BCUT2D eigenvalue weighted by atomic mass is 10.3. The van der Waals surface area contributed by atoms with Crippen LogP contribution in [-0.2, 0) is 9.59 Å². The number of carbonyl (C=O) groups is 2. The number of hydrogen-bond acceptors (Lipinski definition) is 3. The molecule has 1 aliphatic rings. The van der Waals surface area contributed by atoms with E-state index >= 15 is 0 Å². The summed E-state index contributed by atoms with van der Waals surface area (Å²) in [5.41, 5.74) is 0. The summed E-state index contributed by atoms with van der Waals surface area (Å²) in [6.45, 7) is 4.90. The van der Waals surface area contributed by atoms with E-state index in [2.05, 4.69) is 16.0 Å². The maximum Gasteiger partial charge on any atom is 0.233 e. The molecule has 0 aliphatic heterocycles. The molecular weight excluding hydrogens is 218 g/mol. The molecule has 0 bridgehead atoms. The van der Waals surface area contributed by atoms with Crippen LogP contribution < -0.4 is 16.0 Å². The van der Waals surface area contributed by atoms with E-state index in [0.29, 0.717) is 38.0 Å². The van der Waals surface area contributed by atoms with Gasteiger partial charge in [0.1, 0.15) is 0 Å². The van der Waals surface area contributed by atoms with Crippen LogP contribution in [0.5, 0.6) is 0 Å². The van der Waals surface area contributed by atoms with Gasteiger partial charge in [-0.3, -0.25) is 9.59 Å². The highest BCUT2D eigenvalue weighted by Gasteiger charge is 2.22. The first-order valence-corrected chi connectivity index (χ1v) is 6.37. The molecule has 2 amide bonds. The molecular formula is C12H23N3O2. The molecule has 98 valence electrons. The topological polar surface area (TPSA) is 70.2 Å². The third-order valence-electron chi connectivity index (χ3n) is 2.52. The minimum atomic E-state index is -0.0127. The van der Waals surface area contributed by atoms with E-state index in [9.17, 15) is 9.59 Å². The van der Waals surface area contributed by atoms with Crippen LogP contribution in [0.3, 0.4) is 0 Å². The van der Waals surface area contributed by atoms with E-state index in [4.69, 9.17) is 0 Å². The second-order valence-electron chi connectivity index (χ2n) is 4.83. The SMILES string of the molecule is CC(C)NCC(=O)NCCCC(=O)NC1CC1. The zero-order valence-corrected chi connectivity index (χ0v) is 10.7. The van der Waals surface area contributed by atoms with Gasteiger partial charge in [-0.2, -0.15) is 0 Å². The lowest BCUT2D eigenvalue weighted by Crippen LogP contribution is -2.37. The van der Waals surface area contributed by atoms with Gasteiger partial charge in [-0.25, -0.2) is 0 Å². The van der Waals surface area contributed by atoms with Crippen molar-refractivity contribution in [3.8, 4) is 0 Å². The van der Waals surface area contributed by atoms with E-state index < -0.39 is 0 Å². The molecule has 1 aliphatic carbocycles. The van der Waals surface area contributed by atoms with Gasteiger partial charge in [-0.1, -0.05) is 13.8 Å². The molecule has 1 saturated carbocycles. The van der Waals surface area contributed by atoms with Crippen molar-refractivity contribution >= 4 is 11.8 Å². The Balaban J connectivity index is 1.91. The molecule has 0 heterocycles. The molecule has 17 heavy (non-hydrogen) atoms. The number of rotatable bonds is 8. The molecule has 5 heteroatoms. The standard InChI is InChI=1S/C12H23N3O2/c1-9(2)14-8-12(17)13-7-3-4-11(16)15-10-5-6-10/h9-10,14H,3-8H2,1-2H3,(H,13,17)(H,15,16). The first kappa shape index (κ1) is 14.0. The van der Waals surface area contributed by atoms with Crippen LogP contribution in [0.4, 0.5) is 0 Å². The smallest absolute Gasteiger partial charge is 0.233 e. The predicted octanol–water partition coefficient (Wildman–Crippen LogP) is 0.159. The number of hydrogen-bond donors (Lipinski definition) is 3. The monoisotopic (exact) mass is 241 g/mol. The highest BCUT2D eigenvalue weighted by atomic mass is 16.2. The van der Waals surface area contributed by atoms with Gasteiger partial charge >= 0.3 is 0 Å². The minimum Gasteiger partial charge on any atom is -0.355 e. The Kier molecular flexibility index (Phi) is 5.97. The minimum absolute atomic E-state index is 0.0127. The van der Waals surface area contributed by atoms with E-state index in [1.165, 1.54) is 0 Å². The molecule has 0 aromatic rings. The summed E-state index contributed by atoms with van der Waals surface area (Å²) in [6.07, 6.45) is 3.42. The van der Waals surface area contributed by atoms with Crippen molar-refractivity contribution in [1.29, 1.82) is 0 Å². The van der Waals surface area contributed by atoms with Crippen LogP contribution in [0, 0.1) is 0 Å². The maximum atomic E-state index is 11.3. The van der Waals surface area contributed by atoms with Gasteiger partial charge in [0.05, 0.1) is 6.54 Å². The molecule has 1 rings (SSSR count). The number of amides is 2. The van der Waals surface area contributed by atoms with E-state index in [1.807, 2.05) is 13.8 Å². The Labute approximate surface area is 103 Å². The van der Waals surface area contributed by atoms with Crippen molar-refractivity contribution in [1.82, 2.24) is 16.0 Å². The molecule has 0 unspecified atom stereocenters. The van der Waals surface area contributed by atoms with Gasteiger partial charge in [0.25, 0.3) is 0 Å². The zero-order valence-electron chi connectivity index (χ0n) is 10.7. The van der Waals surface area contributed by atoms with Crippen molar-refractivity contribution < 1.29 is 9.59 Å². The predicted molar refractivity (Wildman–Crippen MR) is 66.5 cm³/mol. The van der Waals surface area contributed by atoms with Crippen molar-refractivity contribution in [3.05, 3.63) is 0 Å². The molecule has 0 radical (unpaired) electrons. The maximum absolute atomic E-state index is 11.3. The van der Waals surface area contributed by atoms with Crippen LogP contribution in [0.1, 0.15) is 39.5 Å².